The van der Waals surface area contributed by atoms with Crippen molar-refractivity contribution in [2.45, 2.75) is 13.8 Å². The highest BCUT2D eigenvalue weighted by atomic mass is 16.3. The molecule has 3 nitrogen and oxygen atoms in total. The molecule has 0 saturated carbocycles. The van der Waals surface area contributed by atoms with Gasteiger partial charge >= 0.3 is 0 Å². The van der Waals surface area contributed by atoms with Crippen molar-refractivity contribution in [2.75, 3.05) is 0 Å². The van der Waals surface area contributed by atoms with E-state index in [2.05, 4.69) is 4.98 Å². The smallest absolute Gasteiger partial charge is 0.246 e. The summed E-state index contributed by atoms with van der Waals surface area (Å²) in [7, 11) is 0. The van der Waals surface area contributed by atoms with E-state index < -0.39 is 0 Å². The minimum atomic E-state index is -0.169. The fourth-order valence-electron chi connectivity index (χ4n) is 1.48. The van der Waals surface area contributed by atoms with E-state index in [4.69, 9.17) is 4.42 Å². The lowest BCUT2D eigenvalue weighted by molar-refractivity contribution is 0.100. The SMILES string of the molecule is Cc1cnc(C(=O)c2ccco2)c(C)c1. The number of hydrogen-bond acceptors (Lipinski definition) is 3. The van der Waals surface area contributed by atoms with Crippen LogP contribution in [0.1, 0.15) is 27.4 Å². The van der Waals surface area contributed by atoms with E-state index in [0.29, 0.717) is 11.5 Å². The number of carbonyl (C=O) groups excluding carboxylic acids is 1. The van der Waals surface area contributed by atoms with Crippen molar-refractivity contribution in [1.82, 2.24) is 4.98 Å². The Morgan fingerprint density at radius 2 is 2.20 bits per heavy atom. The number of rotatable bonds is 2. The average Bonchev–Trinajstić information content (AvgIpc) is 2.69. The molecule has 15 heavy (non-hydrogen) atoms. The van der Waals surface area contributed by atoms with E-state index in [9.17, 15) is 4.79 Å². The minimum absolute atomic E-state index is 0.169. The summed E-state index contributed by atoms with van der Waals surface area (Å²) in [5.74, 6) is 0.159. The summed E-state index contributed by atoms with van der Waals surface area (Å²) in [6, 6.07) is 5.27. The van der Waals surface area contributed by atoms with Crippen LogP contribution in [0.3, 0.4) is 0 Å². The lowest BCUT2D eigenvalue weighted by Crippen LogP contribution is -2.05. The molecule has 3 heteroatoms. The molecule has 0 aromatic carbocycles. The number of aryl methyl sites for hydroxylation is 2. The summed E-state index contributed by atoms with van der Waals surface area (Å²) in [4.78, 5) is 16.0. The fraction of sp³-hybridized carbons (Fsp3) is 0.167. The van der Waals surface area contributed by atoms with E-state index in [-0.39, 0.29) is 5.78 Å². The van der Waals surface area contributed by atoms with Gasteiger partial charge in [0.1, 0.15) is 5.69 Å². The molecule has 2 rings (SSSR count). The van der Waals surface area contributed by atoms with Gasteiger partial charge in [0.25, 0.3) is 0 Å². The van der Waals surface area contributed by atoms with Crippen LogP contribution in [0.15, 0.2) is 35.1 Å². The van der Waals surface area contributed by atoms with Crippen molar-refractivity contribution in [2.24, 2.45) is 0 Å². The van der Waals surface area contributed by atoms with Crippen LogP contribution in [0.25, 0.3) is 0 Å². The van der Waals surface area contributed by atoms with Gasteiger partial charge in [0.15, 0.2) is 5.76 Å². The Balaban J connectivity index is 2.42. The van der Waals surface area contributed by atoms with Gasteiger partial charge in [-0.25, -0.2) is 0 Å². The van der Waals surface area contributed by atoms with Gasteiger partial charge in [-0.05, 0) is 37.1 Å². The van der Waals surface area contributed by atoms with Gasteiger partial charge in [-0.1, -0.05) is 6.07 Å². The van der Waals surface area contributed by atoms with E-state index in [1.807, 2.05) is 19.9 Å². The zero-order valence-corrected chi connectivity index (χ0v) is 8.65. The van der Waals surface area contributed by atoms with Crippen LogP contribution in [0, 0.1) is 13.8 Å². The van der Waals surface area contributed by atoms with E-state index in [0.717, 1.165) is 11.1 Å². The third kappa shape index (κ3) is 1.81. The van der Waals surface area contributed by atoms with Gasteiger partial charge in [-0.15, -0.1) is 0 Å². The Morgan fingerprint density at radius 3 is 2.80 bits per heavy atom. The molecule has 2 heterocycles. The van der Waals surface area contributed by atoms with Crippen LogP contribution in [-0.2, 0) is 0 Å². The standard InChI is InChI=1S/C12H11NO2/c1-8-6-9(2)11(13-7-8)12(14)10-4-3-5-15-10/h3-7H,1-2H3. The van der Waals surface area contributed by atoms with Crippen molar-refractivity contribution in [3.63, 3.8) is 0 Å². The van der Waals surface area contributed by atoms with E-state index >= 15 is 0 Å². The van der Waals surface area contributed by atoms with Crippen molar-refractivity contribution < 1.29 is 9.21 Å². The van der Waals surface area contributed by atoms with Gasteiger partial charge in [-0.3, -0.25) is 9.78 Å². The van der Waals surface area contributed by atoms with Gasteiger partial charge in [-0.2, -0.15) is 0 Å². The summed E-state index contributed by atoms with van der Waals surface area (Å²) in [6.45, 7) is 3.82. The minimum Gasteiger partial charge on any atom is -0.461 e. The van der Waals surface area contributed by atoms with Crippen LogP contribution in [0.2, 0.25) is 0 Å². The first-order valence-corrected chi connectivity index (χ1v) is 4.70. The lowest BCUT2D eigenvalue weighted by Gasteiger charge is -2.02. The third-order valence-corrected chi connectivity index (χ3v) is 2.18. The molecule has 2 aromatic heterocycles. The van der Waals surface area contributed by atoms with Gasteiger partial charge in [0, 0.05) is 6.20 Å². The number of hydrogen-bond donors (Lipinski definition) is 0. The van der Waals surface area contributed by atoms with Crippen LogP contribution in [0.4, 0.5) is 0 Å². The Bertz CT molecular complexity index is 486. The second-order valence-electron chi connectivity index (χ2n) is 3.48. The number of aromatic nitrogens is 1. The fourth-order valence-corrected chi connectivity index (χ4v) is 1.48. The molecule has 0 radical (unpaired) electrons. The number of furan rings is 1. The summed E-state index contributed by atoms with van der Waals surface area (Å²) in [5, 5.41) is 0. The molecule has 0 atom stereocenters. The van der Waals surface area contributed by atoms with E-state index in [1.54, 1.807) is 18.3 Å². The molecule has 0 amide bonds. The number of carbonyl (C=O) groups is 1. The zero-order chi connectivity index (χ0) is 10.8. The number of pyridine rings is 1. The summed E-state index contributed by atoms with van der Waals surface area (Å²) in [6.07, 6.45) is 3.17. The Kier molecular flexibility index (Phi) is 2.37. The van der Waals surface area contributed by atoms with Gasteiger partial charge in [0.2, 0.25) is 5.78 Å². The average molecular weight is 201 g/mol. The Hall–Kier alpha value is -1.90. The van der Waals surface area contributed by atoms with Crippen LogP contribution in [-0.4, -0.2) is 10.8 Å². The Morgan fingerprint density at radius 1 is 1.40 bits per heavy atom. The van der Waals surface area contributed by atoms with Crippen molar-refractivity contribution in [1.29, 1.82) is 0 Å². The topological polar surface area (TPSA) is 43.1 Å². The molecule has 76 valence electrons. The second kappa shape index (κ2) is 3.69. The van der Waals surface area contributed by atoms with Crippen LogP contribution >= 0.6 is 0 Å². The highest BCUT2D eigenvalue weighted by Crippen LogP contribution is 2.13. The summed E-state index contributed by atoms with van der Waals surface area (Å²) >= 11 is 0. The number of nitrogens with zero attached hydrogens (tertiary/aromatic N) is 1. The number of ketones is 1. The maximum Gasteiger partial charge on any atom is 0.246 e. The molecule has 0 unspecified atom stereocenters. The van der Waals surface area contributed by atoms with Crippen LogP contribution in [0.5, 0.6) is 0 Å². The summed E-state index contributed by atoms with van der Waals surface area (Å²) in [5.41, 5.74) is 2.37. The second-order valence-corrected chi connectivity index (χ2v) is 3.48. The van der Waals surface area contributed by atoms with Crippen molar-refractivity contribution in [3.8, 4) is 0 Å². The third-order valence-electron chi connectivity index (χ3n) is 2.18. The largest absolute Gasteiger partial charge is 0.461 e. The quantitative estimate of drug-likeness (QED) is 0.701. The molecule has 0 fully saturated rings. The molecule has 0 N–H and O–H groups in total. The molecule has 2 aromatic rings. The molecular formula is C12H11NO2. The van der Waals surface area contributed by atoms with Crippen molar-refractivity contribution in [3.05, 3.63) is 53.2 Å². The maximum atomic E-state index is 11.9. The molecule has 0 aliphatic rings. The van der Waals surface area contributed by atoms with Crippen LogP contribution < -0.4 is 0 Å². The van der Waals surface area contributed by atoms with E-state index in [1.165, 1.54) is 6.26 Å². The predicted octanol–water partition coefficient (Wildman–Crippen LogP) is 2.52. The van der Waals surface area contributed by atoms with Gasteiger partial charge in [0.05, 0.1) is 6.26 Å². The molecule has 0 bridgehead atoms. The molecule has 0 saturated heterocycles. The first-order chi connectivity index (χ1) is 7.18. The molecule has 0 aliphatic heterocycles. The monoisotopic (exact) mass is 201 g/mol. The highest BCUT2D eigenvalue weighted by Gasteiger charge is 2.15. The first kappa shape index (κ1) is 9.65. The van der Waals surface area contributed by atoms with Gasteiger partial charge < -0.3 is 4.42 Å². The molecule has 0 aliphatic carbocycles. The first-order valence-electron chi connectivity index (χ1n) is 4.70. The molecule has 0 spiro atoms. The highest BCUT2D eigenvalue weighted by molar-refractivity contribution is 6.06. The Labute approximate surface area is 87.8 Å². The molecular weight excluding hydrogens is 190 g/mol. The lowest BCUT2D eigenvalue weighted by atomic mass is 10.1. The predicted molar refractivity (Wildman–Crippen MR) is 55.9 cm³/mol. The van der Waals surface area contributed by atoms with Crippen molar-refractivity contribution >= 4 is 5.78 Å². The zero-order valence-electron chi connectivity index (χ0n) is 8.65. The summed E-state index contributed by atoms with van der Waals surface area (Å²) < 4.78 is 5.05. The maximum absolute atomic E-state index is 11.9. The normalized spacial score (nSPS) is 10.3.